The third-order valence-corrected chi connectivity index (χ3v) is 10.1. The first-order chi connectivity index (χ1) is 21.0. The average Bonchev–Trinajstić information content (AvgIpc) is 3.49. The number of nitrogens with zero attached hydrogens (tertiary/aromatic N) is 2. The van der Waals surface area contributed by atoms with E-state index < -0.39 is 0 Å². The molecule has 0 aliphatic rings. The maximum Gasteiger partial charge on any atom is 0.248 e. The zero-order valence-electron chi connectivity index (χ0n) is 27.5. The van der Waals surface area contributed by atoms with E-state index in [1.807, 2.05) is 0 Å². The first-order valence-electron chi connectivity index (χ1n) is 17.5. The maximum absolute atomic E-state index is 6.62. The Morgan fingerprint density at radius 1 is 0.442 bits per heavy atom. The summed E-state index contributed by atoms with van der Waals surface area (Å²) in [5, 5.41) is 9.39. The summed E-state index contributed by atoms with van der Waals surface area (Å²) in [5.74, 6) is 1.32. The summed E-state index contributed by atoms with van der Waals surface area (Å²) < 4.78 is 9.05. The van der Waals surface area contributed by atoms with Crippen molar-refractivity contribution in [2.45, 2.75) is 156 Å². The molecule has 0 aliphatic heterocycles. The molecule has 0 bridgehead atoms. The summed E-state index contributed by atoms with van der Waals surface area (Å²) in [6, 6.07) is 9.31. The summed E-state index contributed by atoms with van der Waals surface area (Å²) >= 11 is 7.81. The summed E-state index contributed by atoms with van der Waals surface area (Å²) in [5.41, 5.74) is 7.54. The van der Waals surface area contributed by atoms with Gasteiger partial charge in [-0.3, -0.25) is 0 Å². The van der Waals surface area contributed by atoms with Gasteiger partial charge in [-0.05, 0) is 97.9 Å². The summed E-state index contributed by atoms with van der Waals surface area (Å²) in [6.45, 7) is 9.08. The van der Waals surface area contributed by atoms with Gasteiger partial charge in [-0.1, -0.05) is 137 Å². The van der Waals surface area contributed by atoms with Gasteiger partial charge in [0.15, 0.2) is 0 Å². The van der Waals surface area contributed by atoms with Crippen LogP contribution in [0.2, 0.25) is 0 Å². The molecule has 0 aliphatic carbocycles. The Bertz CT molecular complexity index is 1130. The Balaban J connectivity index is 1.96. The van der Waals surface area contributed by atoms with Crippen LogP contribution in [-0.2, 0) is 25.7 Å². The van der Waals surface area contributed by atoms with Gasteiger partial charge in [0.05, 0.1) is 0 Å². The molecular weight excluding hydrogens is 660 g/mol. The Labute approximate surface area is 279 Å². The molecule has 3 rings (SSSR count). The first-order valence-corrected chi connectivity index (χ1v) is 19.1. The highest BCUT2D eigenvalue weighted by Crippen LogP contribution is 2.36. The molecule has 0 fully saturated rings. The van der Waals surface area contributed by atoms with Crippen molar-refractivity contribution < 1.29 is 4.42 Å². The molecule has 0 spiro atoms. The van der Waals surface area contributed by atoms with Crippen LogP contribution in [0, 0.1) is 0 Å². The van der Waals surface area contributed by atoms with Gasteiger partial charge >= 0.3 is 0 Å². The van der Waals surface area contributed by atoms with Gasteiger partial charge in [0.1, 0.15) is 0 Å². The number of benzene rings is 2. The van der Waals surface area contributed by atoms with E-state index >= 15 is 0 Å². The van der Waals surface area contributed by atoms with Gasteiger partial charge in [-0.2, -0.15) is 0 Å². The minimum absolute atomic E-state index is 0.659. The second-order valence-corrected chi connectivity index (χ2v) is 14.1. The molecule has 0 saturated heterocycles. The monoisotopic (exact) mass is 714 g/mol. The van der Waals surface area contributed by atoms with E-state index in [0.717, 1.165) is 36.8 Å². The molecule has 0 amide bonds. The van der Waals surface area contributed by atoms with E-state index in [9.17, 15) is 0 Å². The second-order valence-electron chi connectivity index (χ2n) is 12.4. The Hall–Kier alpha value is -1.46. The molecule has 43 heavy (non-hydrogen) atoms. The number of rotatable bonds is 22. The lowest BCUT2D eigenvalue weighted by Gasteiger charge is -2.13. The minimum atomic E-state index is 0.659. The summed E-state index contributed by atoms with van der Waals surface area (Å²) in [4.78, 5) is 0. The van der Waals surface area contributed by atoms with Crippen LogP contribution in [0.4, 0.5) is 0 Å². The smallest absolute Gasteiger partial charge is 0.248 e. The number of aryl methyl sites for hydroxylation is 4. The first kappa shape index (κ1) is 36.0. The van der Waals surface area contributed by atoms with Crippen LogP contribution in [0.15, 0.2) is 37.6 Å². The molecule has 2 aromatic carbocycles. The number of halogens is 2. The van der Waals surface area contributed by atoms with Crippen LogP contribution in [-0.4, -0.2) is 10.2 Å². The molecule has 0 atom stereocenters. The lowest BCUT2D eigenvalue weighted by molar-refractivity contribution is 0.580. The number of unbranched alkanes of at least 4 members (excludes halogenated alkanes) is 12. The third-order valence-electron chi connectivity index (χ3n) is 8.63. The highest BCUT2D eigenvalue weighted by Gasteiger charge is 2.20. The van der Waals surface area contributed by atoms with Gasteiger partial charge < -0.3 is 4.42 Å². The van der Waals surface area contributed by atoms with Gasteiger partial charge in [0, 0.05) is 20.1 Å². The molecule has 1 heterocycles. The van der Waals surface area contributed by atoms with E-state index in [2.05, 4.69) is 83.8 Å². The molecule has 3 aromatic rings. The highest BCUT2D eigenvalue weighted by molar-refractivity contribution is 9.10. The molecular formula is C38H56Br2N2O. The lowest BCUT2D eigenvalue weighted by Crippen LogP contribution is -1.97. The second kappa shape index (κ2) is 20.5. The van der Waals surface area contributed by atoms with Crippen LogP contribution in [0.25, 0.3) is 22.9 Å². The molecule has 5 heteroatoms. The molecule has 0 saturated carbocycles. The number of aromatic nitrogens is 2. The minimum Gasteiger partial charge on any atom is -0.416 e. The van der Waals surface area contributed by atoms with Crippen LogP contribution < -0.4 is 0 Å². The number of hydrogen-bond donors (Lipinski definition) is 0. The lowest BCUT2D eigenvalue weighted by atomic mass is 9.96. The molecule has 238 valence electrons. The zero-order chi connectivity index (χ0) is 30.9. The van der Waals surface area contributed by atoms with Crippen LogP contribution in [0.5, 0.6) is 0 Å². The SMILES string of the molecule is CCCCCCc1cc(-c2nnc(-c3cc(CCCCCC)c(Br)cc3CCCCCC)o2)c(CCCCCC)cc1Br. The Morgan fingerprint density at radius 3 is 1.09 bits per heavy atom. The quantitative estimate of drug-likeness (QED) is 0.0972. The maximum atomic E-state index is 6.62. The standard InChI is InChI=1S/C38H56Br2N2O/c1-5-9-13-17-21-29-27-35(39)31(23-19-15-11-7-3)25-33(29)37-41-42-38(43-37)34-26-32(24-20-16-12-8-4)36(40)28-30(34)22-18-14-10-6-2/h25-28H,5-24H2,1-4H3. The van der Waals surface area contributed by atoms with E-state index in [4.69, 9.17) is 14.6 Å². The van der Waals surface area contributed by atoms with Gasteiger partial charge in [-0.15, -0.1) is 10.2 Å². The van der Waals surface area contributed by atoms with E-state index in [0.29, 0.717) is 11.8 Å². The van der Waals surface area contributed by atoms with E-state index in [1.165, 1.54) is 134 Å². The van der Waals surface area contributed by atoms with Crippen molar-refractivity contribution in [1.82, 2.24) is 10.2 Å². The summed E-state index contributed by atoms with van der Waals surface area (Å²) in [7, 11) is 0. The summed E-state index contributed by atoms with van der Waals surface area (Å²) in [6.07, 6.45) is 24.2. The van der Waals surface area contributed by atoms with E-state index in [-0.39, 0.29) is 0 Å². The fraction of sp³-hybridized carbons (Fsp3) is 0.632. The normalized spacial score (nSPS) is 11.5. The van der Waals surface area contributed by atoms with Gasteiger partial charge in [0.25, 0.3) is 0 Å². The molecule has 0 N–H and O–H groups in total. The molecule has 1 aromatic heterocycles. The Kier molecular flexibility index (Phi) is 17.2. The molecule has 3 nitrogen and oxygen atoms in total. The topological polar surface area (TPSA) is 38.9 Å². The third kappa shape index (κ3) is 11.8. The van der Waals surface area contributed by atoms with Crippen LogP contribution >= 0.6 is 31.9 Å². The van der Waals surface area contributed by atoms with Gasteiger partial charge in [0.2, 0.25) is 11.8 Å². The van der Waals surface area contributed by atoms with Crippen molar-refractivity contribution in [3.63, 3.8) is 0 Å². The van der Waals surface area contributed by atoms with Crippen molar-refractivity contribution in [1.29, 1.82) is 0 Å². The fourth-order valence-corrected chi connectivity index (χ4v) is 7.10. The fourth-order valence-electron chi connectivity index (χ4n) is 5.92. The number of hydrogen-bond acceptors (Lipinski definition) is 3. The van der Waals surface area contributed by atoms with Gasteiger partial charge in [-0.25, -0.2) is 0 Å². The predicted octanol–water partition coefficient (Wildman–Crippen LogP) is 13.4. The van der Waals surface area contributed by atoms with Crippen molar-refractivity contribution in [2.75, 3.05) is 0 Å². The van der Waals surface area contributed by atoms with Crippen LogP contribution in [0.3, 0.4) is 0 Å². The zero-order valence-corrected chi connectivity index (χ0v) is 30.7. The van der Waals surface area contributed by atoms with Crippen molar-refractivity contribution in [3.05, 3.63) is 55.5 Å². The predicted molar refractivity (Wildman–Crippen MR) is 192 cm³/mol. The largest absolute Gasteiger partial charge is 0.416 e. The van der Waals surface area contributed by atoms with Crippen LogP contribution in [0.1, 0.15) is 153 Å². The molecule has 0 unspecified atom stereocenters. The Morgan fingerprint density at radius 2 is 0.767 bits per heavy atom. The average molecular weight is 717 g/mol. The van der Waals surface area contributed by atoms with Crippen molar-refractivity contribution in [3.8, 4) is 22.9 Å². The van der Waals surface area contributed by atoms with Crippen molar-refractivity contribution >= 4 is 31.9 Å². The molecule has 0 radical (unpaired) electrons. The highest BCUT2D eigenvalue weighted by atomic mass is 79.9. The van der Waals surface area contributed by atoms with E-state index in [1.54, 1.807) is 0 Å². The van der Waals surface area contributed by atoms with Crippen molar-refractivity contribution in [2.24, 2.45) is 0 Å².